The van der Waals surface area contributed by atoms with Gasteiger partial charge in [-0.15, -0.1) is 0 Å². The minimum absolute atomic E-state index is 0.00359. The van der Waals surface area contributed by atoms with Gasteiger partial charge in [-0.25, -0.2) is 13.1 Å². The van der Waals surface area contributed by atoms with Crippen LogP contribution in [-0.2, 0) is 19.5 Å². The number of nitrogens with zero attached hydrogens (tertiary/aromatic N) is 2. The molecular weight excluding hydrogens is 368 g/mol. The zero-order valence-corrected chi connectivity index (χ0v) is 17.6. The van der Waals surface area contributed by atoms with Crippen molar-refractivity contribution in [1.29, 1.82) is 0 Å². The van der Waals surface area contributed by atoms with Gasteiger partial charge in [0.25, 0.3) is 0 Å². The molecule has 1 saturated heterocycles. The van der Waals surface area contributed by atoms with E-state index >= 15 is 0 Å². The molecule has 2 aliphatic rings. The van der Waals surface area contributed by atoms with Crippen molar-refractivity contribution in [3.8, 4) is 0 Å². The average Bonchev–Trinajstić information content (AvgIpc) is 3.48. The summed E-state index contributed by atoms with van der Waals surface area (Å²) in [4.78, 5) is 6.42. The lowest BCUT2D eigenvalue weighted by atomic mass is 10.1. The maximum absolute atomic E-state index is 12.2. The van der Waals surface area contributed by atoms with Crippen LogP contribution in [0.3, 0.4) is 0 Å². The lowest BCUT2D eigenvalue weighted by Gasteiger charge is -2.23. The molecule has 0 aromatic carbocycles. The van der Waals surface area contributed by atoms with Crippen LogP contribution < -0.4 is 10.0 Å². The van der Waals surface area contributed by atoms with Gasteiger partial charge in [0.1, 0.15) is 0 Å². The van der Waals surface area contributed by atoms with Crippen LogP contribution in [0.15, 0.2) is 4.99 Å². The Morgan fingerprint density at radius 1 is 1.30 bits per heavy atom. The predicted molar refractivity (Wildman–Crippen MR) is 108 cm³/mol. The molecule has 1 heterocycles. The van der Waals surface area contributed by atoms with Crippen molar-refractivity contribution in [3.05, 3.63) is 0 Å². The summed E-state index contributed by atoms with van der Waals surface area (Å²) in [7, 11) is -1.41. The first-order valence-corrected chi connectivity index (χ1v) is 11.8. The minimum Gasteiger partial charge on any atom is -0.379 e. The third kappa shape index (κ3) is 9.73. The van der Waals surface area contributed by atoms with Gasteiger partial charge in [0.15, 0.2) is 5.96 Å². The fraction of sp³-hybridized carbons (Fsp3) is 0.944. The highest BCUT2D eigenvalue weighted by molar-refractivity contribution is 7.89. The van der Waals surface area contributed by atoms with Crippen molar-refractivity contribution in [2.75, 3.05) is 58.8 Å². The number of sulfonamides is 1. The molecule has 1 atom stereocenters. The Bertz CT molecular complexity index is 546. The molecule has 2 rings (SSSR count). The van der Waals surface area contributed by atoms with E-state index in [1.54, 1.807) is 0 Å². The van der Waals surface area contributed by atoms with Gasteiger partial charge in [0.05, 0.1) is 25.0 Å². The fourth-order valence-electron chi connectivity index (χ4n) is 2.84. The molecule has 0 aromatic heterocycles. The first kappa shape index (κ1) is 22.4. The monoisotopic (exact) mass is 404 g/mol. The summed E-state index contributed by atoms with van der Waals surface area (Å²) in [6.07, 6.45) is 5.64. The van der Waals surface area contributed by atoms with E-state index in [1.807, 2.05) is 18.9 Å². The van der Waals surface area contributed by atoms with Gasteiger partial charge in [-0.2, -0.15) is 0 Å². The van der Waals surface area contributed by atoms with E-state index < -0.39 is 10.0 Å². The van der Waals surface area contributed by atoms with E-state index in [9.17, 15) is 8.42 Å². The van der Waals surface area contributed by atoms with Crippen molar-refractivity contribution in [3.63, 3.8) is 0 Å². The van der Waals surface area contributed by atoms with Gasteiger partial charge in [0.2, 0.25) is 10.0 Å². The molecule has 27 heavy (non-hydrogen) atoms. The average molecular weight is 405 g/mol. The summed E-state index contributed by atoms with van der Waals surface area (Å²) in [6.45, 7) is 6.24. The quantitative estimate of drug-likeness (QED) is 0.284. The van der Waals surface area contributed by atoms with E-state index in [2.05, 4.69) is 15.0 Å². The number of likely N-dealkylation sites (N-methyl/N-ethyl adjacent to an activating group) is 1. The third-order valence-electron chi connectivity index (χ3n) is 4.74. The molecule has 0 radical (unpaired) electrons. The maximum Gasteiger partial charge on any atom is 0.213 e. The molecule has 0 amide bonds. The van der Waals surface area contributed by atoms with Crippen LogP contribution in [0.2, 0.25) is 0 Å². The smallest absolute Gasteiger partial charge is 0.213 e. The fourth-order valence-corrected chi connectivity index (χ4v) is 3.76. The second-order valence-corrected chi connectivity index (χ2v) is 9.26. The topological polar surface area (TPSA) is 92.3 Å². The summed E-state index contributed by atoms with van der Waals surface area (Å²) in [5.41, 5.74) is 0. The molecule has 2 N–H and O–H groups in total. The number of nitrogens with one attached hydrogen (secondary N) is 2. The molecule has 9 heteroatoms. The maximum atomic E-state index is 12.2. The van der Waals surface area contributed by atoms with Crippen LogP contribution in [0, 0.1) is 5.92 Å². The Morgan fingerprint density at radius 2 is 2.11 bits per heavy atom. The highest BCUT2D eigenvalue weighted by Gasteiger charge is 2.21. The van der Waals surface area contributed by atoms with Crippen LogP contribution in [0.25, 0.3) is 0 Å². The Balaban J connectivity index is 1.69. The van der Waals surface area contributed by atoms with Crippen molar-refractivity contribution < 1.29 is 17.9 Å². The minimum atomic E-state index is -3.35. The third-order valence-corrected chi connectivity index (χ3v) is 6.07. The lowest BCUT2D eigenvalue weighted by Crippen LogP contribution is -2.41. The number of hydrogen-bond acceptors (Lipinski definition) is 5. The number of hydrogen-bond donors (Lipinski definition) is 2. The second kappa shape index (κ2) is 11.8. The lowest BCUT2D eigenvalue weighted by molar-refractivity contribution is 0.0200. The molecule has 158 valence electrons. The normalized spacial score (nSPS) is 21.3. The van der Waals surface area contributed by atoms with Gasteiger partial charge in [0, 0.05) is 39.9 Å². The van der Waals surface area contributed by atoms with Gasteiger partial charge in [-0.3, -0.25) is 4.99 Å². The molecule has 2 fully saturated rings. The van der Waals surface area contributed by atoms with Crippen LogP contribution in [0.5, 0.6) is 0 Å². The van der Waals surface area contributed by atoms with E-state index in [-0.39, 0.29) is 18.4 Å². The van der Waals surface area contributed by atoms with Crippen LogP contribution in [0.1, 0.15) is 39.0 Å². The first-order valence-electron chi connectivity index (χ1n) is 10.2. The Kier molecular flexibility index (Phi) is 9.81. The number of aliphatic imine (C=N–C) groups is 1. The highest BCUT2D eigenvalue weighted by atomic mass is 32.2. The predicted octanol–water partition coefficient (Wildman–Crippen LogP) is 0.799. The molecule has 1 unspecified atom stereocenters. The molecule has 0 spiro atoms. The Hall–Kier alpha value is -0.900. The van der Waals surface area contributed by atoms with Gasteiger partial charge >= 0.3 is 0 Å². The number of guanidine groups is 1. The zero-order valence-electron chi connectivity index (χ0n) is 16.8. The summed E-state index contributed by atoms with van der Waals surface area (Å²) in [5.74, 6) is 1.44. The van der Waals surface area contributed by atoms with Gasteiger partial charge in [-0.1, -0.05) is 0 Å². The molecule has 8 nitrogen and oxygen atoms in total. The summed E-state index contributed by atoms with van der Waals surface area (Å²) < 4.78 is 38.2. The summed E-state index contributed by atoms with van der Waals surface area (Å²) >= 11 is 0. The Morgan fingerprint density at radius 3 is 2.78 bits per heavy atom. The van der Waals surface area contributed by atoms with E-state index in [0.29, 0.717) is 19.1 Å². The second-order valence-electron chi connectivity index (χ2n) is 7.33. The SMILES string of the molecule is CCNC(=NCCS(=O)(=O)NCC1CCCCO1)N(C)CCOCC1CC1. The van der Waals surface area contributed by atoms with Gasteiger partial charge < -0.3 is 19.7 Å². The van der Waals surface area contributed by atoms with E-state index in [0.717, 1.165) is 51.5 Å². The summed E-state index contributed by atoms with van der Waals surface area (Å²) in [6, 6.07) is 0. The van der Waals surface area contributed by atoms with Crippen LogP contribution in [0.4, 0.5) is 0 Å². The Labute approximate surface area is 164 Å². The van der Waals surface area contributed by atoms with Crippen LogP contribution in [-0.4, -0.2) is 84.2 Å². The van der Waals surface area contributed by atoms with Crippen LogP contribution >= 0.6 is 0 Å². The van der Waals surface area contributed by atoms with Crippen molar-refractivity contribution in [1.82, 2.24) is 14.9 Å². The first-order chi connectivity index (χ1) is 13.0. The zero-order chi connectivity index (χ0) is 19.5. The molecular formula is C18H36N4O4S. The van der Waals surface area contributed by atoms with Gasteiger partial charge in [-0.05, 0) is 44.9 Å². The van der Waals surface area contributed by atoms with Crippen molar-refractivity contribution >= 4 is 16.0 Å². The molecule has 1 aliphatic heterocycles. The highest BCUT2D eigenvalue weighted by Crippen LogP contribution is 2.28. The number of ether oxygens (including phenoxy) is 2. The summed E-state index contributed by atoms with van der Waals surface area (Å²) in [5, 5.41) is 3.20. The number of rotatable bonds is 12. The largest absolute Gasteiger partial charge is 0.379 e. The van der Waals surface area contributed by atoms with Crippen molar-refractivity contribution in [2.24, 2.45) is 10.9 Å². The molecule has 0 aromatic rings. The molecule has 1 saturated carbocycles. The standard InChI is InChI=1S/C18H36N4O4S/c1-3-19-18(22(2)10-12-25-15-16-7-8-16)20-9-13-27(23,24)21-14-17-6-4-5-11-26-17/h16-17,21H,3-15H2,1-2H3,(H,19,20). The van der Waals surface area contributed by atoms with Crippen molar-refractivity contribution in [2.45, 2.75) is 45.1 Å². The van der Waals surface area contributed by atoms with E-state index in [4.69, 9.17) is 9.47 Å². The van der Waals surface area contributed by atoms with E-state index in [1.165, 1.54) is 12.8 Å². The molecule has 0 bridgehead atoms. The molecule has 1 aliphatic carbocycles.